The van der Waals surface area contributed by atoms with Gasteiger partial charge in [-0.1, -0.05) is 5.16 Å². The molecule has 1 rings (SSSR count). The highest BCUT2D eigenvalue weighted by atomic mass is 19.4. The van der Waals surface area contributed by atoms with Gasteiger partial charge in [0.05, 0.1) is 5.69 Å². The molecule has 0 aliphatic heterocycles. The van der Waals surface area contributed by atoms with Crippen LogP contribution in [0.25, 0.3) is 0 Å². The SMILES string of the molecule is Cn1ccc(CNCC(/C(N)=N/O)C(F)(F)F)n1. The van der Waals surface area contributed by atoms with Crippen molar-refractivity contribution in [3.05, 3.63) is 18.0 Å². The molecule has 0 fully saturated rings. The average Bonchev–Trinajstić information content (AvgIpc) is 2.68. The minimum absolute atomic E-state index is 0.173. The maximum Gasteiger partial charge on any atom is 0.400 e. The zero-order valence-electron chi connectivity index (χ0n) is 9.65. The lowest BCUT2D eigenvalue weighted by Gasteiger charge is -2.18. The molecular weight excluding hydrogens is 251 g/mol. The van der Waals surface area contributed by atoms with Crippen LogP contribution in [0.3, 0.4) is 0 Å². The Labute approximate surface area is 101 Å². The van der Waals surface area contributed by atoms with Gasteiger partial charge in [-0.15, -0.1) is 0 Å². The largest absolute Gasteiger partial charge is 0.409 e. The molecule has 0 amide bonds. The fourth-order valence-corrected chi connectivity index (χ4v) is 1.36. The molecule has 6 nitrogen and oxygen atoms in total. The standard InChI is InChI=1S/C9H14F3N5O/c1-17-3-2-6(15-17)4-14-5-7(8(13)16-18)9(10,11)12/h2-3,7,14,18H,4-5H2,1H3,(H2,13,16). The van der Waals surface area contributed by atoms with Gasteiger partial charge in [-0.05, 0) is 6.07 Å². The molecule has 0 aliphatic carbocycles. The van der Waals surface area contributed by atoms with Crippen molar-refractivity contribution in [2.75, 3.05) is 6.54 Å². The molecule has 0 saturated carbocycles. The predicted octanol–water partition coefficient (Wildman–Crippen LogP) is 0.435. The normalized spacial score (nSPS) is 14.8. The number of aromatic nitrogens is 2. The number of aryl methyl sites for hydroxylation is 1. The van der Waals surface area contributed by atoms with Gasteiger partial charge in [-0.2, -0.15) is 18.3 Å². The third-order valence-electron chi connectivity index (χ3n) is 2.29. The van der Waals surface area contributed by atoms with E-state index in [1.165, 1.54) is 0 Å². The molecule has 9 heteroatoms. The van der Waals surface area contributed by atoms with E-state index in [1.54, 1.807) is 24.0 Å². The van der Waals surface area contributed by atoms with Gasteiger partial charge in [-0.25, -0.2) is 0 Å². The van der Waals surface area contributed by atoms with Crippen LogP contribution < -0.4 is 11.1 Å². The van der Waals surface area contributed by atoms with Crippen molar-refractivity contribution in [2.45, 2.75) is 12.7 Å². The Morgan fingerprint density at radius 1 is 1.67 bits per heavy atom. The first-order valence-electron chi connectivity index (χ1n) is 5.08. The van der Waals surface area contributed by atoms with E-state index in [0.29, 0.717) is 5.69 Å². The zero-order valence-corrected chi connectivity index (χ0v) is 9.65. The molecule has 4 N–H and O–H groups in total. The predicted molar refractivity (Wildman–Crippen MR) is 57.9 cm³/mol. The van der Waals surface area contributed by atoms with E-state index in [9.17, 15) is 13.2 Å². The third kappa shape index (κ3) is 3.91. The average molecular weight is 265 g/mol. The second kappa shape index (κ2) is 5.71. The highest BCUT2D eigenvalue weighted by Gasteiger charge is 2.42. The smallest absolute Gasteiger partial charge is 0.400 e. The van der Waals surface area contributed by atoms with Gasteiger partial charge in [0.1, 0.15) is 5.92 Å². The number of rotatable bonds is 5. The summed E-state index contributed by atoms with van der Waals surface area (Å²) in [5, 5.41) is 17.3. The second-order valence-corrected chi connectivity index (χ2v) is 3.73. The van der Waals surface area contributed by atoms with Crippen molar-refractivity contribution in [1.29, 1.82) is 0 Å². The van der Waals surface area contributed by atoms with Crippen LogP contribution in [0.2, 0.25) is 0 Å². The van der Waals surface area contributed by atoms with Crippen LogP contribution >= 0.6 is 0 Å². The number of hydrogen-bond acceptors (Lipinski definition) is 4. The summed E-state index contributed by atoms with van der Waals surface area (Å²) in [6, 6.07) is 1.68. The summed E-state index contributed by atoms with van der Waals surface area (Å²) in [7, 11) is 1.71. The fraction of sp³-hybridized carbons (Fsp3) is 0.556. The lowest BCUT2D eigenvalue weighted by molar-refractivity contribution is -0.155. The fourth-order valence-electron chi connectivity index (χ4n) is 1.36. The van der Waals surface area contributed by atoms with Crippen LogP contribution in [0.4, 0.5) is 13.2 Å². The van der Waals surface area contributed by atoms with Crippen LogP contribution in [0.1, 0.15) is 5.69 Å². The molecule has 0 aromatic carbocycles. The number of nitrogens with two attached hydrogens (primary N) is 1. The lowest BCUT2D eigenvalue weighted by Crippen LogP contribution is -2.42. The third-order valence-corrected chi connectivity index (χ3v) is 2.29. The van der Waals surface area contributed by atoms with Gasteiger partial charge in [0.15, 0.2) is 5.84 Å². The first-order chi connectivity index (χ1) is 8.34. The highest BCUT2D eigenvalue weighted by Crippen LogP contribution is 2.25. The summed E-state index contributed by atoms with van der Waals surface area (Å²) < 4.78 is 39.2. The number of amidine groups is 1. The van der Waals surface area contributed by atoms with E-state index in [2.05, 4.69) is 15.6 Å². The first kappa shape index (κ1) is 14.3. The Hall–Kier alpha value is -1.77. The van der Waals surface area contributed by atoms with Crippen molar-refractivity contribution in [3.8, 4) is 0 Å². The zero-order chi connectivity index (χ0) is 13.8. The van der Waals surface area contributed by atoms with Gasteiger partial charge < -0.3 is 16.3 Å². The number of oxime groups is 1. The van der Waals surface area contributed by atoms with Crippen LogP contribution in [-0.2, 0) is 13.6 Å². The summed E-state index contributed by atoms with van der Waals surface area (Å²) in [4.78, 5) is 0. The minimum atomic E-state index is -4.56. The van der Waals surface area contributed by atoms with E-state index in [1.807, 2.05) is 0 Å². The van der Waals surface area contributed by atoms with Gasteiger partial charge in [0.2, 0.25) is 0 Å². The Morgan fingerprint density at radius 2 is 2.33 bits per heavy atom. The molecule has 1 aromatic rings. The van der Waals surface area contributed by atoms with Crippen LogP contribution in [0.5, 0.6) is 0 Å². The van der Waals surface area contributed by atoms with Crippen LogP contribution in [0.15, 0.2) is 17.4 Å². The van der Waals surface area contributed by atoms with E-state index in [-0.39, 0.29) is 6.54 Å². The van der Waals surface area contributed by atoms with E-state index >= 15 is 0 Å². The summed E-state index contributed by atoms with van der Waals surface area (Å²) in [5.41, 5.74) is 5.62. The first-order valence-corrected chi connectivity index (χ1v) is 5.08. The van der Waals surface area contributed by atoms with Crippen LogP contribution in [-0.4, -0.2) is 33.5 Å². The van der Waals surface area contributed by atoms with E-state index < -0.39 is 24.5 Å². The Kier molecular flexibility index (Phi) is 4.54. The Balaban J connectivity index is 2.53. The van der Waals surface area contributed by atoms with Gasteiger partial charge in [0, 0.05) is 26.3 Å². The molecule has 0 radical (unpaired) electrons. The molecule has 0 aliphatic rings. The highest BCUT2D eigenvalue weighted by molar-refractivity contribution is 5.83. The molecule has 0 saturated heterocycles. The summed E-state index contributed by atoms with van der Waals surface area (Å²) >= 11 is 0. The molecule has 1 unspecified atom stereocenters. The van der Waals surface area contributed by atoms with Crippen molar-refractivity contribution in [2.24, 2.45) is 23.9 Å². The molecule has 1 aromatic heterocycles. The lowest BCUT2D eigenvalue weighted by atomic mass is 10.1. The second-order valence-electron chi connectivity index (χ2n) is 3.73. The quantitative estimate of drug-likeness (QED) is 0.312. The molecule has 18 heavy (non-hydrogen) atoms. The molecular formula is C9H14F3N5O. The number of halogens is 3. The minimum Gasteiger partial charge on any atom is -0.409 e. The Bertz CT molecular complexity index is 415. The number of nitrogens with zero attached hydrogens (tertiary/aromatic N) is 3. The summed E-state index contributed by atoms with van der Waals surface area (Å²) in [5.74, 6) is -2.89. The maximum absolute atomic E-state index is 12.6. The maximum atomic E-state index is 12.6. The van der Waals surface area contributed by atoms with Crippen molar-refractivity contribution in [1.82, 2.24) is 15.1 Å². The van der Waals surface area contributed by atoms with Crippen molar-refractivity contribution < 1.29 is 18.4 Å². The number of alkyl halides is 3. The van der Waals surface area contributed by atoms with Gasteiger partial charge in [0.25, 0.3) is 0 Å². The van der Waals surface area contributed by atoms with Gasteiger partial charge in [-0.3, -0.25) is 4.68 Å². The number of nitrogens with one attached hydrogen (secondary N) is 1. The molecule has 1 heterocycles. The van der Waals surface area contributed by atoms with E-state index in [4.69, 9.17) is 10.9 Å². The van der Waals surface area contributed by atoms with E-state index in [0.717, 1.165) is 0 Å². The topological polar surface area (TPSA) is 88.5 Å². The summed E-state index contributed by atoms with van der Waals surface area (Å²) in [6.45, 7) is -0.303. The molecule has 102 valence electrons. The Morgan fingerprint density at radius 3 is 2.78 bits per heavy atom. The molecule has 0 spiro atoms. The van der Waals surface area contributed by atoms with Crippen LogP contribution in [0, 0.1) is 5.92 Å². The summed E-state index contributed by atoms with van der Waals surface area (Å²) in [6.07, 6.45) is -2.88. The monoisotopic (exact) mass is 265 g/mol. The molecule has 1 atom stereocenters. The number of hydrogen-bond donors (Lipinski definition) is 3. The molecule has 0 bridgehead atoms. The van der Waals surface area contributed by atoms with Gasteiger partial charge >= 0.3 is 6.18 Å². The van der Waals surface area contributed by atoms with Crippen molar-refractivity contribution >= 4 is 5.84 Å². The van der Waals surface area contributed by atoms with Crippen molar-refractivity contribution in [3.63, 3.8) is 0 Å².